The molecule has 1 aliphatic rings. The minimum absolute atomic E-state index is 0.158. The summed E-state index contributed by atoms with van der Waals surface area (Å²) in [4.78, 5) is 25.0. The van der Waals surface area contributed by atoms with Gasteiger partial charge in [0.1, 0.15) is 6.04 Å². The van der Waals surface area contributed by atoms with E-state index >= 15 is 0 Å². The van der Waals surface area contributed by atoms with Crippen LogP contribution in [0, 0.1) is 6.92 Å². The summed E-state index contributed by atoms with van der Waals surface area (Å²) >= 11 is 1.25. The molecule has 0 bridgehead atoms. The van der Waals surface area contributed by atoms with Crippen LogP contribution in [0.3, 0.4) is 0 Å². The second-order valence-electron chi connectivity index (χ2n) is 6.01. The molecule has 2 amide bonds. The maximum atomic E-state index is 12.8. The van der Waals surface area contributed by atoms with E-state index < -0.39 is 27.9 Å². The van der Waals surface area contributed by atoms with E-state index in [1.165, 1.54) is 27.8 Å². The predicted octanol–water partition coefficient (Wildman–Crippen LogP) is 1.67. The molecule has 1 aromatic heterocycles. The average Bonchev–Trinajstić information content (AvgIpc) is 3.31. The van der Waals surface area contributed by atoms with E-state index in [2.05, 4.69) is 10.9 Å². The van der Waals surface area contributed by atoms with E-state index in [0.717, 1.165) is 5.56 Å². The van der Waals surface area contributed by atoms with Gasteiger partial charge in [-0.05, 0) is 43.3 Å². The largest absolute Gasteiger partial charge is 0.279 e. The summed E-state index contributed by atoms with van der Waals surface area (Å²) in [5.74, 6) is -0.970. The molecule has 0 saturated carbocycles. The van der Waals surface area contributed by atoms with Crippen molar-refractivity contribution in [3.05, 3.63) is 52.2 Å². The number of hydrazine groups is 1. The zero-order chi connectivity index (χ0) is 18.7. The van der Waals surface area contributed by atoms with Gasteiger partial charge in [0, 0.05) is 6.54 Å². The van der Waals surface area contributed by atoms with Crippen molar-refractivity contribution in [2.45, 2.75) is 30.7 Å². The summed E-state index contributed by atoms with van der Waals surface area (Å²) in [5.41, 5.74) is 5.62. The third-order valence-corrected chi connectivity index (χ3v) is 6.97. The number of carbonyl (C=O) groups is 2. The molecule has 7 nitrogen and oxygen atoms in total. The summed E-state index contributed by atoms with van der Waals surface area (Å²) in [6.07, 6.45) is 0.994. The molecule has 0 spiro atoms. The van der Waals surface area contributed by atoms with E-state index in [0.29, 0.717) is 17.7 Å². The van der Waals surface area contributed by atoms with E-state index in [9.17, 15) is 18.0 Å². The summed E-state index contributed by atoms with van der Waals surface area (Å²) in [6.45, 7) is 2.14. The molecule has 1 unspecified atom stereocenters. The highest BCUT2D eigenvalue weighted by Gasteiger charge is 2.39. The van der Waals surface area contributed by atoms with Crippen molar-refractivity contribution >= 4 is 33.2 Å². The summed E-state index contributed by atoms with van der Waals surface area (Å²) in [6, 6.07) is 9.04. The molecule has 2 heterocycles. The van der Waals surface area contributed by atoms with Gasteiger partial charge in [-0.2, -0.15) is 4.31 Å². The number of amides is 2. The molecule has 1 fully saturated rings. The average molecular weight is 393 g/mol. The van der Waals surface area contributed by atoms with Gasteiger partial charge in [-0.15, -0.1) is 11.3 Å². The fraction of sp³-hybridized carbons (Fsp3) is 0.294. The maximum Gasteiger partial charge on any atom is 0.279 e. The standard InChI is InChI=1S/C17H19N3O4S2/c1-12-6-8-13(9-7-12)26(23,24)20-10-2-4-14(20)16(21)18-19-17(22)15-5-3-11-25-15/h3,5-9,11,14H,2,4,10H2,1H3,(H,18,21)(H,19,22). The SMILES string of the molecule is Cc1ccc(S(=O)(=O)N2CCCC2C(=O)NNC(=O)c2cccs2)cc1. The molecule has 1 aliphatic heterocycles. The highest BCUT2D eigenvalue weighted by atomic mass is 32.2. The molecule has 0 radical (unpaired) electrons. The van der Waals surface area contributed by atoms with Crippen molar-refractivity contribution in [3.8, 4) is 0 Å². The number of nitrogens with one attached hydrogen (secondary N) is 2. The van der Waals surface area contributed by atoms with Crippen LogP contribution in [0.5, 0.6) is 0 Å². The van der Waals surface area contributed by atoms with Gasteiger partial charge < -0.3 is 0 Å². The molecule has 1 saturated heterocycles. The Hall–Kier alpha value is -2.23. The van der Waals surface area contributed by atoms with Gasteiger partial charge in [-0.25, -0.2) is 8.42 Å². The van der Waals surface area contributed by atoms with Gasteiger partial charge in [-0.1, -0.05) is 23.8 Å². The first-order valence-corrected chi connectivity index (χ1v) is 10.4. The van der Waals surface area contributed by atoms with Crippen LogP contribution in [0.4, 0.5) is 0 Å². The van der Waals surface area contributed by atoms with Crippen molar-refractivity contribution in [3.63, 3.8) is 0 Å². The van der Waals surface area contributed by atoms with E-state index in [1.807, 2.05) is 6.92 Å². The van der Waals surface area contributed by atoms with Crippen molar-refractivity contribution in [1.29, 1.82) is 0 Å². The second-order valence-corrected chi connectivity index (χ2v) is 8.85. The van der Waals surface area contributed by atoms with E-state index in [4.69, 9.17) is 0 Å². The molecule has 2 aromatic rings. The van der Waals surface area contributed by atoms with Gasteiger partial charge in [0.2, 0.25) is 10.0 Å². The molecule has 138 valence electrons. The van der Waals surface area contributed by atoms with Crippen LogP contribution >= 0.6 is 11.3 Å². The van der Waals surface area contributed by atoms with E-state index in [-0.39, 0.29) is 11.4 Å². The Bertz CT molecular complexity index is 893. The summed E-state index contributed by atoms with van der Waals surface area (Å²) in [7, 11) is -3.77. The number of rotatable bonds is 4. The normalized spacial score (nSPS) is 17.8. The Morgan fingerprint density at radius 2 is 1.88 bits per heavy atom. The molecule has 3 rings (SSSR count). The Morgan fingerprint density at radius 3 is 2.54 bits per heavy atom. The number of carbonyl (C=O) groups excluding carboxylic acids is 2. The van der Waals surface area contributed by atoms with Crippen LogP contribution in [0.15, 0.2) is 46.7 Å². The number of benzene rings is 1. The summed E-state index contributed by atoms with van der Waals surface area (Å²) in [5, 5.41) is 1.75. The van der Waals surface area contributed by atoms with Crippen LogP contribution in [-0.2, 0) is 14.8 Å². The highest BCUT2D eigenvalue weighted by Crippen LogP contribution is 2.26. The lowest BCUT2D eigenvalue weighted by atomic mass is 10.2. The molecular weight excluding hydrogens is 374 g/mol. The van der Waals surface area contributed by atoms with E-state index in [1.54, 1.807) is 29.6 Å². The minimum Gasteiger partial charge on any atom is -0.271 e. The zero-order valence-corrected chi connectivity index (χ0v) is 15.8. The first kappa shape index (κ1) is 18.6. The fourth-order valence-electron chi connectivity index (χ4n) is 2.81. The molecule has 2 N–H and O–H groups in total. The van der Waals surface area contributed by atoms with Gasteiger partial charge in [0.15, 0.2) is 0 Å². The molecule has 26 heavy (non-hydrogen) atoms. The van der Waals surface area contributed by atoms with Crippen LogP contribution in [-0.4, -0.2) is 37.1 Å². The highest BCUT2D eigenvalue weighted by molar-refractivity contribution is 7.89. The number of nitrogens with zero attached hydrogens (tertiary/aromatic N) is 1. The van der Waals surface area contributed by atoms with Crippen LogP contribution in [0.1, 0.15) is 28.1 Å². The third kappa shape index (κ3) is 3.79. The van der Waals surface area contributed by atoms with Crippen molar-refractivity contribution in [1.82, 2.24) is 15.2 Å². The third-order valence-electron chi connectivity index (χ3n) is 4.18. The number of aryl methyl sites for hydroxylation is 1. The summed E-state index contributed by atoms with van der Waals surface area (Å²) < 4.78 is 26.9. The number of thiophene rings is 1. The minimum atomic E-state index is -3.77. The van der Waals surface area contributed by atoms with Crippen molar-refractivity contribution in [2.24, 2.45) is 0 Å². The Morgan fingerprint density at radius 1 is 1.15 bits per heavy atom. The van der Waals surface area contributed by atoms with Crippen LogP contribution < -0.4 is 10.9 Å². The first-order chi connectivity index (χ1) is 12.4. The number of sulfonamides is 1. The fourth-order valence-corrected chi connectivity index (χ4v) is 5.08. The van der Waals surface area contributed by atoms with Crippen LogP contribution in [0.25, 0.3) is 0 Å². The van der Waals surface area contributed by atoms with Crippen LogP contribution in [0.2, 0.25) is 0 Å². The number of hydrogen-bond donors (Lipinski definition) is 2. The molecule has 1 aromatic carbocycles. The van der Waals surface area contributed by atoms with Crippen molar-refractivity contribution in [2.75, 3.05) is 6.54 Å². The molecule has 0 aliphatic carbocycles. The predicted molar refractivity (Wildman–Crippen MR) is 98.0 cm³/mol. The van der Waals surface area contributed by atoms with Gasteiger partial charge in [0.05, 0.1) is 9.77 Å². The Labute approximate surface area is 156 Å². The monoisotopic (exact) mass is 393 g/mol. The van der Waals surface area contributed by atoms with Gasteiger partial charge >= 0.3 is 0 Å². The van der Waals surface area contributed by atoms with Gasteiger partial charge in [0.25, 0.3) is 11.8 Å². The Kier molecular flexibility index (Phi) is 5.40. The maximum absolute atomic E-state index is 12.8. The molecule has 1 atom stereocenters. The van der Waals surface area contributed by atoms with Gasteiger partial charge in [-0.3, -0.25) is 20.4 Å². The smallest absolute Gasteiger partial charge is 0.271 e. The first-order valence-electron chi connectivity index (χ1n) is 8.12. The lowest BCUT2D eigenvalue weighted by Crippen LogP contribution is -2.51. The topological polar surface area (TPSA) is 95.6 Å². The quantitative estimate of drug-likeness (QED) is 0.773. The lowest BCUT2D eigenvalue weighted by Gasteiger charge is -2.23. The zero-order valence-electron chi connectivity index (χ0n) is 14.1. The molecular formula is C17H19N3O4S2. The second kappa shape index (κ2) is 7.56. The lowest BCUT2D eigenvalue weighted by molar-refractivity contribution is -0.125. The molecule has 9 heteroatoms. The van der Waals surface area contributed by atoms with Crippen molar-refractivity contribution < 1.29 is 18.0 Å². The number of hydrogen-bond acceptors (Lipinski definition) is 5. The Balaban J connectivity index is 1.70.